The highest BCUT2D eigenvalue weighted by Gasteiger charge is 2.12. The highest BCUT2D eigenvalue weighted by Crippen LogP contribution is 2.26. The molecule has 28 heavy (non-hydrogen) atoms. The minimum absolute atomic E-state index is 0.0775. The average Bonchev–Trinajstić information content (AvgIpc) is 3.14. The number of hydrogen-bond acceptors (Lipinski definition) is 7. The molecule has 0 radical (unpaired) electrons. The molecule has 4 aromatic rings. The number of methoxy groups -OCH3 is 1. The van der Waals surface area contributed by atoms with Gasteiger partial charge in [0.2, 0.25) is 0 Å². The van der Waals surface area contributed by atoms with Crippen molar-refractivity contribution in [2.75, 3.05) is 12.5 Å². The van der Waals surface area contributed by atoms with E-state index in [-0.39, 0.29) is 5.75 Å². The van der Waals surface area contributed by atoms with E-state index in [1.165, 1.54) is 13.4 Å². The number of phenolic OH excluding ortho intramolecular Hbond substituents is 1. The second kappa shape index (κ2) is 7.36. The van der Waals surface area contributed by atoms with Gasteiger partial charge in [-0.2, -0.15) is 10.2 Å². The number of nitrogens with zero attached hydrogens (tertiary/aromatic N) is 5. The number of rotatable bonds is 5. The topological polar surface area (TPSA) is 97.5 Å². The molecule has 4 rings (SSSR count). The van der Waals surface area contributed by atoms with E-state index in [0.717, 1.165) is 22.2 Å². The molecule has 8 nitrogen and oxygen atoms in total. The molecule has 140 valence electrons. The Balaban J connectivity index is 1.63. The Hall–Kier alpha value is -3.94. The van der Waals surface area contributed by atoms with Gasteiger partial charge in [0.15, 0.2) is 23.0 Å². The molecular formula is C20H18N6O2. The Morgan fingerprint density at radius 1 is 1.18 bits per heavy atom. The number of aromatic nitrogens is 4. The highest BCUT2D eigenvalue weighted by atomic mass is 16.5. The van der Waals surface area contributed by atoms with Crippen LogP contribution in [0.5, 0.6) is 11.5 Å². The number of anilines is 1. The third-order valence-electron chi connectivity index (χ3n) is 4.30. The molecule has 2 N–H and O–H groups in total. The number of para-hydroxylation sites is 1. The number of benzene rings is 2. The van der Waals surface area contributed by atoms with E-state index in [1.807, 2.05) is 31.2 Å². The lowest BCUT2D eigenvalue weighted by atomic mass is 10.2. The zero-order valence-electron chi connectivity index (χ0n) is 15.4. The fraction of sp³-hybridized carbons (Fsp3) is 0.100. The third-order valence-corrected chi connectivity index (χ3v) is 4.30. The minimum Gasteiger partial charge on any atom is -0.504 e. The minimum atomic E-state index is 0.0775. The Kier molecular flexibility index (Phi) is 4.59. The Bertz CT molecular complexity index is 1170. The van der Waals surface area contributed by atoms with Gasteiger partial charge in [-0.05, 0) is 42.3 Å². The molecule has 0 aliphatic heterocycles. The number of aromatic hydroxyl groups is 1. The van der Waals surface area contributed by atoms with Crippen molar-refractivity contribution in [2.45, 2.75) is 6.92 Å². The Labute approximate surface area is 161 Å². The van der Waals surface area contributed by atoms with Crippen LogP contribution in [-0.4, -0.2) is 38.2 Å². The fourth-order valence-electron chi connectivity index (χ4n) is 2.85. The summed E-state index contributed by atoms with van der Waals surface area (Å²) in [6.07, 6.45) is 4.80. The van der Waals surface area contributed by atoms with Gasteiger partial charge in [-0.25, -0.2) is 14.6 Å². The van der Waals surface area contributed by atoms with Gasteiger partial charge in [0, 0.05) is 0 Å². The molecule has 0 aliphatic rings. The van der Waals surface area contributed by atoms with E-state index in [4.69, 9.17) is 4.74 Å². The second-order valence-electron chi connectivity index (χ2n) is 6.10. The SMILES string of the molecule is COc1cc(/C=N/Nc2ncnc3c2cnn3-c2ccccc2C)ccc1O. The maximum absolute atomic E-state index is 9.66. The van der Waals surface area contributed by atoms with Crippen LogP contribution in [0.2, 0.25) is 0 Å². The van der Waals surface area contributed by atoms with Gasteiger partial charge in [0.05, 0.1) is 30.6 Å². The first kappa shape index (κ1) is 17.5. The van der Waals surface area contributed by atoms with E-state index in [9.17, 15) is 5.11 Å². The van der Waals surface area contributed by atoms with Crippen LogP contribution in [-0.2, 0) is 0 Å². The van der Waals surface area contributed by atoms with Crippen molar-refractivity contribution in [3.63, 3.8) is 0 Å². The van der Waals surface area contributed by atoms with Gasteiger partial charge in [-0.3, -0.25) is 5.43 Å². The molecule has 0 aliphatic carbocycles. The second-order valence-corrected chi connectivity index (χ2v) is 6.10. The van der Waals surface area contributed by atoms with Gasteiger partial charge in [-0.15, -0.1) is 0 Å². The molecule has 2 aromatic heterocycles. The third kappa shape index (κ3) is 3.23. The van der Waals surface area contributed by atoms with Gasteiger partial charge in [0.1, 0.15) is 6.33 Å². The van der Waals surface area contributed by atoms with E-state index < -0.39 is 0 Å². The molecule has 2 heterocycles. The summed E-state index contributed by atoms with van der Waals surface area (Å²) in [6, 6.07) is 12.9. The lowest BCUT2D eigenvalue weighted by Crippen LogP contribution is -2.01. The van der Waals surface area contributed by atoms with E-state index in [0.29, 0.717) is 17.2 Å². The number of hydrogen-bond donors (Lipinski definition) is 2. The van der Waals surface area contributed by atoms with Gasteiger partial charge < -0.3 is 9.84 Å². The van der Waals surface area contributed by atoms with Crippen molar-refractivity contribution in [1.29, 1.82) is 0 Å². The van der Waals surface area contributed by atoms with Crippen LogP contribution in [0, 0.1) is 6.92 Å². The summed E-state index contributed by atoms with van der Waals surface area (Å²) in [5.41, 5.74) is 6.44. The van der Waals surface area contributed by atoms with Crippen molar-refractivity contribution >= 4 is 23.1 Å². The molecule has 8 heteroatoms. The number of nitrogens with one attached hydrogen (secondary N) is 1. The summed E-state index contributed by atoms with van der Waals surface area (Å²) in [7, 11) is 1.50. The van der Waals surface area contributed by atoms with Crippen molar-refractivity contribution in [3.8, 4) is 17.2 Å². The van der Waals surface area contributed by atoms with Crippen molar-refractivity contribution in [3.05, 3.63) is 66.1 Å². The number of fused-ring (bicyclic) bond motifs is 1. The molecule has 0 saturated carbocycles. The Morgan fingerprint density at radius 3 is 2.86 bits per heavy atom. The van der Waals surface area contributed by atoms with Crippen molar-refractivity contribution in [1.82, 2.24) is 19.7 Å². The average molecular weight is 374 g/mol. The van der Waals surface area contributed by atoms with Crippen molar-refractivity contribution < 1.29 is 9.84 Å². The molecule has 0 unspecified atom stereocenters. The molecule has 0 spiro atoms. The predicted octanol–water partition coefficient (Wildman–Crippen LogP) is 3.28. The van der Waals surface area contributed by atoms with Crippen LogP contribution < -0.4 is 10.2 Å². The van der Waals surface area contributed by atoms with Crippen LogP contribution >= 0.6 is 0 Å². The molecule has 0 bridgehead atoms. The first-order valence-corrected chi connectivity index (χ1v) is 8.58. The summed E-state index contributed by atoms with van der Waals surface area (Å²) in [5.74, 6) is 1.01. The molecule has 0 saturated heterocycles. The molecule has 0 atom stereocenters. The lowest BCUT2D eigenvalue weighted by molar-refractivity contribution is 0.373. The first-order chi connectivity index (χ1) is 13.7. The summed E-state index contributed by atoms with van der Waals surface area (Å²) in [6.45, 7) is 2.03. The Morgan fingerprint density at radius 2 is 2.04 bits per heavy atom. The standard InChI is InChI=1S/C20H18N6O2/c1-13-5-3-4-6-16(13)26-20-15(11-24-26)19(21-12-22-20)25-23-10-14-7-8-17(27)18(9-14)28-2/h3-12,27H,1-2H3,(H,21,22,25)/b23-10+. The maximum atomic E-state index is 9.66. The predicted molar refractivity (Wildman–Crippen MR) is 107 cm³/mol. The smallest absolute Gasteiger partial charge is 0.168 e. The zero-order chi connectivity index (χ0) is 19.5. The number of ether oxygens (including phenoxy) is 1. The van der Waals surface area contributed by atoms with E-state index in [2.05, 4.69) is 25.6 Å². The van der Waals surface area contributed by atoms with Crippen LogP contribution in [0.25, 0.3) is 16.7 Å². The summed E-state index contributed by atoms with van der Waals surface area (Å²) >= 11 is 0. The summed E-state index contributed by atoms with van der Waals surface area (Å²) < 4.78 is 6.88. The van der Waals surface area contributed by atoms with Gasteiger partial charge in [0.25, 0.3) is 0 Å². The fourth-order valence-corrected chi connectivity index (χ4v) is 2.85. The summed E-state index contributed by atoms with van der Waals surface area (Å²) in [5, 5.41) is 19.1. The highest BCUT2D eigenvalue weighted by molar-refractivity contribution is 5.88. The van der Waals surface area contributed by atoms with Gasteiger partial charge >= 0.3 is 0 Å². The van der Waals surface area contributed by atoms with Crippen molar-refractivity contribution in [2.24, 2.45) is 5.10 Å². The number of aryl methyl sites for hydroxylation is 1. The normalized spacial score (nSPS) is 11.2. The first-order valence-electron chi connectivity index (χ1n) is 8.58. The molecule has 0 fully saturated rings. The maximum Gasteiger partial charge on any atom is 0.168 e. The van der Waals surface area contributed by atoms with E-state index >= 15 is 0 Å². The monoisotopic (exact) mass is 374 g/mol. The van der Waals surface area contributed by atoms with Crippen LogP contribution in [0.3, 0.4) is 0 Å². The van der Waals surface area contributed by atoms with Crippen LogP contribution in [0.15, 0.2) is 60.1 Å². The number of phenols is 1. The zero-order valence-corrected chi connectivity index (χ0v) is 15.4. The van der Waals surface area contributed by atoms with Crippen LogP contribution in [0.1, 0.15) is 11.1 Å². The van der Waals surface area contributed by atoms with Crippen LogP contribution in [0.4, 0.5) is 5.82 Å². The number of hydrazone groups is 1. The molecule has 0 amide bonds. The lowest BCUT2D eigenvalue weighted by Gasteiger charge is -2.06. The molecule has 2 aromatic carbocycles. The molecular weight excluding hydrogens is 356 g/mol. The quantitative estimate of drug-likeness (QED) is 0.411. The van der Waals surface area contributed by atoms with E-state index in [1.54, 1.807) is 35.3 Å². The largest absolute Gasteiger partial charge is 0.504 e. The van der Waals surface area contributed by atoms with Gasteiger partial charge in [-0.1, -0.05) is 18.2 Å². The summed E-state index contributed by atoms with van der Waals surface area (Å²) in [4.78, 5) is 8.63.